The van der Waals surface area contributed by atoms with Crippen LogP contribution in [0.4, 0.5) is 5.95 Å². The van der Waals surface area contributed by atoms with Gasteiger partial charge in [-0.25, -0.2) is 4.98 Å². The van der Waals surface area contributed by atoms with Crippen molar-refractivity contribution < 1.29 is 19.1 Å². The van der Waals surface area contributed by atoms with Crippen LogP contribution in [0.5, 0.6) is 0 Å². The van der Waals surface area contributed by atoms with Crippen molar-refractivity contribution in [3.8, 4) is 0 Å². The van der Waals surface area contributed by atoms with Crippen LogP contribution in [0.1, 0.15) is 20.3 Å². The number of carbonyl (C=O) groups excluding carboxylic acids is 2. The molecule has 9 nitrogen and oxygen atoms in total. The first-order valence-electron chi connectivity index (χ1n) is 7.73. The molecule has 0 spiro atoms. The zero-order valence-electron chi connectivity index (χ0n) is 14.3. The van der Waals surface area contributed by atoms with E-state index < -0.39 is 0 Å². The predicted molar refractivity (Wildman–Crippen MR) is 91.3 cm³/mol. The standard InChI is InChI=1S/C15H20ClN5O4/c1-9(22)24-6-11(7-25-10(2)23)4-5-21-8-18-12-13(16)19-15(17-3)20-14(12)21/h8,11H,4-7H2,1-3H3,(H,17,19,20). The maximum absolute atomic E-state index is 11.0. The number of esters is 2. The second kappa shape index (κ2) is 8.61. The van der Waals surface area contributed by atoms with Gasteiger partial charge in [0.1, 0.15) is 5.52 Å². The van der Waals surface area contributed by atoms with E-state index >= 15 is 0 Å². The highest BCUT2D eigenvalue weighted by molar-refractivity contribution is 6.33. The van der Waals surface area contributed by atoms with Gasteiger partial charge in [0.25, 0.3) is 0 Å². The van der Waals surface area contributed by atoms with Gasteiger partial charge in [0.05, 0.1) is 19.5 Å². The number of carbonyl (C=O) groups is 2. The van der Waals surface area contributed by atoms with E-state index in [4.69, 9.17) is 21.1 Å². The normalized spacial score (nSPS) is 10.9. The Morgan fingerprint density at radius 1 is 1.24 bits per heavy atom. The number of hydrogen-bond donors (Lipinski definition) is 1. The van der Waals surface area contributed by atoms with Gasteiger partial charge in [0.15, 0.2) is 10.8 Å². The fraction of sp³-hybridized carbons (Fsp3) is 0.533. The highest BCUT2D eigenvalue weighted by atomic mass is 35.5. The number of imidazole rings is 1. The lowest BCUT2D eigenvalue weighted by atomic mass is 10.1. The molecule has 0 saturated heterocycles. The Morgan fingerprint density at radius 3 is 2.44 bits per heavy atom. The number of rotatable bonds is 8. The summed E-state index contributed by atoms with van der Waals surface area (Å²) in [6.45, 7) is 3.56. The minimum absolute atomic E-state index is 0.133. The van der Waals surface area contributed by atoms with E-state index in [2.05, 4.69) is 20.3 Å². The first-order valence-corrected chi connectivity index (χ1v) is 8.11. The molecule has 1 N–H and O–H groups in total. The molecule has 0 aliphatic carbocycles. The maximum Gasteiger partial charge on any atom is 0.302 e. The van der Waals surface area contributed by atoms with E-state index in [9.17, 15) is 9.59 Å². The number of nitrogens with zero attached hydrogens (tertiary/aromatic N) is 4. The topological polar surface area (TPSA) is 108 Å². The highest BCUT2D eigenvalue weighted by Crippen LogP contribution is 2.21. The third-order valence-corrected chi connectivity index (χ3v) is 3.73. The summed E-state index contributed by atoms with van der Waals surface area (Å²) < 4.78 is 11.9. The number of nitrogens with one attached hydrogen (secondary N) is 1. The molecule has 0 bridgehead atoms. The first-order chi connectivity index (χ1) is 11.9. The molecule has 2 rings (SSSR count). The zero-order chi connectivity index (χ0) is 18.4. The fourth-order valence-corrected chi connectivity index (χ4v) is 2.41. The summed E-state index contributed by atoms with van der Waals surface area (Å²) in [5.74, 6) is -0.486. The third-order valence-electron chi connectivity index (χ3n) is 3.47. The molecule has 0 aromatic carbocycles. The fourth-order valence-electron chi connectivity index (χ4n) is 2.19. The number of aryl methyl sites for hydroxylation is 1. The van der Waals surface area contributed by atoms with E-state index in [0.717, 1.165) is 0 Å². The molecule has 2 aromatic heterocycles. The Balaban J connectivity index is 2.10. The average Bonchev–Trinajstić information content (AvgIpc) is 2.97. The Bertz CT molecular complexity index is 746. The van der Waals surface area contributed by atoms with E-state index in [-0.39, 0.29) is 36.2 Å². The summed E-state index contributed by atoms with van der Waals surface area (Å²) in [6, 6.07) is 0. The summed E-state index contributed by atoms with van der Waals surface area (Å²) in [4.78, 5) is 34.7. The van der Waals surface area contributed by atoms with Crippen LogP contribution in [0.3, 0.4) is 0 Å². The molecule has 0 atom stereocenters. The van der Waals surface area contributed by atoms with Crippen LogP contribution in [-0.4, -0.2) is 51.7 Å². The number of fused-ring (bicyclic) bond motifs is 1. The molecule has 0 amide bonds. The molecular formula is C15H20ClN5O4. The molecular weight excluding hydrogens is 350 g/mol. The van der Waals surface area contributed by atoms with Gasteiger partial charge in [0.2, 0.25) is 5.95 Å². The van der Waals surface area contributed by atoms with E-state index in [1.165, 1.54) is 13.8 Å². The maximum atomic E-state index is 11.0. The molecule has 0 saturated carbocycles. The van der Waals surface area contributed by atoms with Crippen molar-refractivity contribution in [2.45, 2.75) is 26.8 Å². The van der Waals surface area contributed by atoms with Crippen LogP contribution < -0.4 is 5.32 Å². The van der Waals surface area contributed by atoms with Crippen molar-refractivity contribution in [3.63, 3.8) is 0 Å². The summed E-state index contributed by atoms with van der Waals surface area (Å²) in [7, 11) is 1.70. The van der Waals surface area contributed by atoms with Gasteiger partial charge in [-0.15, -0.1) is 0 Å². The van der Waals surface area contributed by atoms with E-state index in [0.29, 0.717) is 30.1 Å². The SMILES string of the molecule is CNc1nc(Cl)c2ncn(CCC(COC(C)=O)COC(C)=O)c2n1. The van der Waals surface area contributed by atoms with Crippen molar-refractivity contribution >= 4 is 40.7 Å². The zero-order valence-corrected chi connectivity index (χ0v) is 15.0. The van der Waals surface area contributed by atoms with Crippen LogP contribution in [0.2, 0.25) is 5.15 Å². The monoisotopic (exact) mass is 369 g/mol. The molecule has 2 aromatic rings. The molecule has 0 fully saturated rings. The predicted octanol–water partition coefficient (Wildman–Crippen LogP) is 1.65. The van der Waals surface area contributed by atoms with Gasteiger partial charge in [-0.3, -0.25) is 9.59 Å². The van der Waals surface area contributed by atoms with Gasteiger partial charge in [-0.2, -0.15) is 9.97 Å². The van der Waals surface area contributed by atoms with Crippen molar-refractivity contribution in [3.05, 3.63) is 11.5 Å². The molecule has 0 unspecified atom stereocenters. The van der Waals surface area contributed by atoms with Crippen LogP contribution in [0, 0.1) is 5.92 Å². The van der Waals surface area contributed by atoms with Gasteiger partial charge in [-0.1, -0.05) is 11.6 Å². The van der Waals surface area contributed by atoms with Gasteiger partial charge in [-0.05, 0) is 6.42 Å². The smallest absolute Gasteiger partial charge is 0.302 e. The molecule has 136 valence electrons. The van der Waals surface area contributed by atoms with Crippen molar-refractivity contribution in [2.75, 3.05) is 25.6 Å². The van der Waals surface area contributed by atoms with Crippen LogP contribution in [-0.2, 0) is 25.6 Å². The lowest BCUT2D eigenvalue weighted by Gasteiger charge is -2.16. The molecule has 0 aliphatic rings. The Labute approximate surface area is 149 Å². The van der Waals surface area contributed by atoms with E-state index in [1.807, 2.05) is 4.57 Å². The minimum Gasteiger partial charge on any atom is -0.465 e. The second-order valence-corrected chi connectivity index (χ2v) is 5.82. The first kappa shape index (κ1) is 18.9. The van der Waals surface area contributed by atoms with Crippen LogP contribution in [0.25, 0.3) is 11.2 Å². The summed E-state index contributed by atoms with van der Waals surface area (Å²) >= 11 is 6.10. The van der Waals surface area contributed by atoms with Gasteiger partial charge in [0, 0.05) is 33.4 Å². The summed E-state index contributed by atoms with van der Waals surface area (Å²) in [5.41, 5.74) is 1.11. The van der Waals surface area contributed by atoms with Crippen LogP contribution >= 0.6 is 11.6 Å². The van der Waals surface area contributed by atoms with Crippen molar-refractivity contribution in [1.82, 2.24) is 19.5 Å². The number of aromatic nitrogens is 4. The summed E-state index contributed by atoms with van der Waals surface area (Å²) in [6.07, 6.45) is 2.22. The molecule has 2 heterocycles. The number of hydrogen-bond acceptors (Lipinski definition) is 8. The van der Waals surface area contributed by atoms with Crippen LogP contribution in [0.15, 0.2) is 6.33 Å². The highest BCUT2D eigenvalue weighted by Gasteiger charge is 2.16. The van der Waals surface area contributed by atoms with Gasteiger partial charge >= 0.3 is 11.9 Å². The number of anilines is 1. The Kier molecular flexibility index (Phi) is 6.51. The van der Waals surface area contributed by atoms with Gasteiger partial charge < -0.3 is 19.4 Å². The molecule has 25 heavy (non-hydrogen) atoms. The van der Waals surface area contributed by atoms with Crippen molar-refractivity contribution in [2.24, 2.45) is 5.92 Å². The largest absolute Gasteiger partial charge is 0.465 e. The Morgan fingerprint density at radius 2 is 1.88 bits per heavy atom. The summed E-state index contributed by atoms with van der Waals surface area (Å²) in [5, 5.41) is 3.11. The average molecular weight is 370 g/mol. The number of ether oxygens (including phenoxy) is 2. The Hall–Kier alpha value is -2.42. The molecule has 0 radical (unpaired) electrons. The molecule has 0 aliphatic heterocycles. The lowest BCUT2D eigenvalue weighted by Crippen LogP contribution is -2.21. The third kappa shape index (κ3) is 5.28. The lowest BCUT2D eigenvalue weighted by molar-refractivity contribution is -0.146. The number of halogens is 1. The minimum atomic E-state index is -0.376. The van der Waals surface area contributed by atoms with Crippen molar-refractivity contribution in [1.29, 1.82) is 0 Å². The second-order valence-electron chi connectivity index (χ2n) is 5.46. The van der Waals surface area contributed by atoms with E-state index in [1.54, 1.807) is 13.4 Å². The quantitative estimate of drug-likeness (QED) is 0.552. The molecule has 10 heteroatoms.